The molecule has 0 amide bonds. The number of ether oxygens (including phenoxy) is 1. The maximum Gasteiger partial charge on any atom is 0.410 e. The van der Waals surface area contributed by atoms with Gasteiger partial charge in [-0.05, 0) is 20.3 Å². The maximum atomic E-state index is 12.4. The zero-order valence-electron chi connectivity index (χ0n) is 11.0. The van der Waals surface area contributed by atoms with Crippen LogP contribution in [0.4, 0.5) is 0 Å². The predicted molar refractivity (Wildman–Crippen MR) is 64.5 cm³/mol. The standard InChI is InChI=1S/C10H22NO5P/c1-5-8-11(9-14-10(4)12)17(13,15-6-2)16-7-3/h5-9H2,1-4H3. The number of carbonyl (C=O) groups excluding carboxylic acids is 1. The molecule has 0 aromatic rings. The molecule has 7 heteroatoms. The van der Waals surface area contributed by atoms with Crippen LogP contribution in [0.25, 0.3) is 0 Å². The highest BCUT2D eigenvalue weighted by Crippen LogP contribution is 2.51. The quantitative estimate of drug-likeness (QED) is 0.363. The van der Waals surface area contributed by atoms with Gasteiger partial charge in [0.25, 0.3) is 0 Å². The van der Waals surface area contributed by atoms with E-state index in [2.05, 4.69) is 0 Å². The minimum atomic E-state index is -3.35. The second kappa shape index (κ2) is 8.64. The minimum absolute atomic E-state index is 0.0829. The summed E-state index contributed by atoms with van der Waals surface area (Å²) in [6.07, 6.45) is 0.755. The number of hydrogen-bond acceptors (Lipinski definition) is 5. The molecule has 0 aliphatic carbocycles. The summed E-state index contributed by atoms with van der Waals surface area (Å²) < 4.78 is 29.1. The summed E-state index contributed by atoms with van der Waals surface area (Å²) >= 11 is 0. The Hall–Kier alpha value is -0.420. The second-order valence-electron chi connectivity index (χ2n) is 3.30. The lowest BCUT2D eigenvalue weighted by Gasteiger charge is -2.28. The topological polar surface area (TPSA) is 65.1 Å². The summed E-state index contributed by atoms with van der Waals surface area (Å²) in [7, 11) is -3.35. The Labute approximate surface area is 103 Å². The first-order chi connectivity index (χ1) is 8.00. The SMILES string of the molecule is CCCN(COC(C)=O)P(=O)(OCC)OCC. The first-order valence-corrected chi connectivity index (χ1v) is 7.27. The molecule has 0 saturated heterocycles. The lowest BCUT2D eigenvalue weighted by molar-refractivity contribution is -0.144. The third-order valence-corrected chi connectivity index (χ3v) is 4.01. The van der Waals surface area contributed by atoms with Crippen molar-refractivity contribution < 1.29 is 23.1 Å². The van der Waals surface area contributed by atoms with Gasteiger partial charge in [-0.15, -0.1) is 0 Å². The first kappa shape index (κ1) is 16.6. The molecule has 0 aliphatic rings. The highest BCUT2D eigenvalue weighted by Gasteiger charge is 2.33. The summed E-state index contributed by atoms with van der Waals surface area (Å²) in [6.45, 7) is 7.66. The molecule has 0 bridgehead atoms. The predicted octanol–water partition coefficient (Wildman–Crippen LogP) is 2.40. The van der Waals surface area contributed by atoms with Crippen LogP contribution in [0.5, 0.6) is 0 Å². The molecule has 0 fully saturated rings. The van der Waals surface area contributed by atoms with Crippen molar-refractivity contribution in [2.75, 3.05) is 26.5 Å². The van der Waals surface area contributed by atoms with Crippen LogP contribution >= 0.6 is 7.75 Å². The van der Waals surface area contributed by atoms with Crippen LogP contribution < -0.4 is 0 Å². The Morgan fingerprint density at radius 2 is 1.71 bits per heavy atom. The van der Waals surface area contributed by atoms with Crippen LogP contribution in [0.3, 0.4) is 0 Å². The van der Waals surface area contributed by atoms with Crippen molar-refractivity contribution in [1.82, 2.24) is 4.67 Å². The molecule has 102 valence electrons. The van der Waals surface area contributed by atoms with E-state index in [1.807, 2.05) is 6.92 Å². The monoisotopic (exact) mass is 267 g/mol. The number of carbonyl (C=O) groups is 1. The summed E-state index contributed by atoms with van der Waals surface area (Å²) in [5, 5.41) is 0. The Kier molecular flexibility index (Phi) is 8.43. The number of nitrogens with zero attached hydrogens (tertiary/aromatic N) is 1. The lowest BCUT2D eigenvalue weighted by atomic mass is 10.5. The van der Waals surface area contributed by atoms with E-state index in [0.717, 1.165) is 6.42 Å². The van der Waals surface area contributed by atoms with E-state index in [-0.39, 0.29) is 19.9 Å². The fraction of sp³-hybridized carbons (Fsp3) is 0.900. The highest BCUT2D eigenvalue weighted by molar-refractivity contribution is 7.51. The normalized spacial score (nSPS) is 11.8. The largest absolute Gasteiger partial charge is 0.449 e. The van der Waals surface area contributed by atoms with E-state index >= 15 is 0 Å². The molecule has 0 aromatic heterocycles. The van der Waals surface area contributed by atoms with Crippen LogP contribution in [0, 0.1) is 0 Å². The maximum absolute atomic E-state index is 12.4. The van der Waals surface area contributed by atoms with Gasteiger partial charge >= 0.3 is 13.7 Å². The second-order valence-corrected chi connectivity index (χ2v) is 5.32. The Morgan fingerprint density at radius 3 is 2.06 bits per heavy atom. The first-order valence-electron chi connectivity index (χ1n) is 5.78. The molecule has 0 radical (unpaired) electrons. The van der Waals surface area contributed by atoms with Gasteiger partial charge in [0.2, 0.25) is 0 Å². The minimum Gasteiger partial charge on any atom is -0.449 e. The van der Waals surface area contributed by atoms with Gasteiger partial charge in [0.15, 0.2) is 6.73 Å². The smallest absolute Gasteiger partial charge is 0.410 e. The van der Waals surface area contributed by atoms with Gasteiger partial charge in [-0.2, -0.15) is 4.67 Å². The Morgan fingerprint density at radius 1 is 1.18 bits per heavy atom. The van der Waals surface area contributed by atoms with Gasteiger partial charge in [-0.3, -0.25) is 13.8 Å². The van der Waals surface area contributed by atoms with Gasteiger partial charge < -0.3 is 4.74 Å². The van der Waals surface area contributed by atoms with E-state index in [0.29, 0.717) is 6.54 Å². The number of esters is 1. The molecule has 0 heterocycles. The zero-order valence-corrected chi connectivity index (χ0v) is 11.9. The van der Waals surface area contributed by atoms with Gasteiger partial charge in [0, 0.05) is 13.5 Å². The molecule has 17 heavy (non-hydrogen) atoms. The van der Waals surface area contributed by atoms with Crippen LogP contribution in [-0.2, 0) is 23.1 Å². The van der Waals surface area contributed by atoms with Crippen molar-refractivity contribution >= 4 is 13.7 Å². The molecule has 6 nitrogen and oxygen atoms in total. The van der Waals surface area contributed by atoms with Crippen molar-refractivity contribution in [3.8, 4) is 0 Å². The third kappa shape index (κ3) is 6.17. The van der Waals surface area contributed by atoms with E-state index in [1.54, 1.807) is 13.8 Å². The molecule has 0 unspecified atom stereocenters. The molecule has 0 spiro atoms. The summed E-state index contributed by atoms with van der Waals surface area (Å²) in [5.41, 5.74) is 0. The Balaban J connectivity index is 4.68. The van der Waals surface area contributed by atoms with Gasteiger partial charge in [-0.1, -0.05) is 6.92 Å². The van der Waals surface area contributed by atoms with Gasteiger partial charge in [0.05, 0.1) is 13.2 Å². The third-order valence-electron chi connectivity index (χ3n) is 1.83. The molecule has 0 saturated carbocycles. The van der Waals surface area contributed by atoms with E-state index < -0.39 is 13.7 Å². The molecule has 0 aliphatic heterocycles. The molecular formula is C10H22NO5P. The van der Waals surface area contributed by atoms with Crippen molar-refractivity contribution in [1.29, 1.82) is 0 Å². The van der Waals surface area contributed by atoms with Crippen molar-refractivity contribution in [2.24, 2.45) is 0 Å². The summed E-state index contributed by atoms with van der Waals surface area (Å²) in [4.78, 5) is 10.8. The van der Waals surface area contributed by atoms with Crippen molar-refractivity contribution in [3.63, 3.8) is 0 Å². The molecule has 0 N–H and O–H groups in total. The fourth-order valence-corrected chi connectivity index (χ4v) is 2.91. The Bertz CT molecular complexity index is 261. The molecule has 0 rings (SSSR count). The zero-order chi connectivity index (χ0) is 13.3. The molecule has 0 atom stereocenters. The average Bonchev–Trinajstić information content (AvgIpc) is 2.24. The van der Waals surface area contributed by atoms with Gasteiger partial charge in [0.1, 0.15) is 0 Å². The van der Waals surface area contributed by atoms with Gasteiger partial charge in [-0.25, -0.2) is 4.57 Å². The van der Waals surface area contributed by atoms with E-state index in [4.69, 9.17) is 13.8 Å². The number of hydrogen-bond donors (Lipinski definition) is 0. The summed E-state index contributed by atoms with van der Waals surface area (Å²) in [5.74, 6) is -0.425. The molecule has 0 aromatic carbocycles. The van der Waals surface area contributed by atoms with E-state index in [1.165, 1.54) is 11.6 Å². The molecular weight excluding hydrogens is 245 g/mol. The van der Waals surface area contributed by atoms with Crippen LogP contribution in [-0.4, -0.2) is 37.1 Å². The van der Waals surface area contributed by atoms with Crippen molar-refractivity contribution in [2.45, 2.75) is 34.1 Å². The average molecular weight is 267 g/mol. The summed E-state index contributed by atoms with van der Waals surface area (Å²) in [6, 6.07) is 0. The number of rotatable bonds is 9. The highest BCUT2D eigenvalue weighted by atomic mass is 31.2. The fourth-order valence-electron chi connectivity index (χ4n) is 1.21. The van der Waals surface area contributed by atoms with Crippen LogP contribution in [0.15, 0.2) is 0 Å². The van der Waals surface area contributed by atoms with Crippen LogP contribution in [0.2, 0.25) is 0 Å². The van der Waals surface area contributed by atoms with Crippen LogP contribution in [0.1, 0.15) is 34.1 Å². The van der Waals surface area contributed by atoms with E-state index in [9.17, 15) is 9.36 Å². The van der Waals surface area contributed by atoms with Crippen molar-refractivity contribution in [3.05, 3.63) is 0 Å². The lowest BCUT2D eigenvalue weighted by Crippen LogP contribution is -2.27.